The van der Waals surface area contributed by atoms with Crippen molar-refractivity contribution in [1.29, 1.82) is 5.26 Å². The summed E-state index contributed by atoms with van der Waals surface area (Å²) in [7, 11) is 0. The first-order valence-electron chi connectivity index (χ1n) is 14.1. The van der Waals surface area contributed by atoms with Gasteiger partial charge in [-0.2, -0.15) is 10.4 Å². The van der Waals surface area contributed by atoms with E-state index in [2.05, 4.69) is 22.6 Å². The van der Waals surface area contributed by atoms with E-state index in [1.165, 1.54) is 31.5 Å². The van der Waals surface area contributed by atoms with Crippen LogP contribution in [-0.2, 0) is 0 Å². The molecule has 8 heteroatoms. The lowest BCUT2D eigenvalue weighted by Crippen LogP contribution is -2.63. The smallest absolute Gasteiger partial charge is 0.320 e. The predicted octanol–water partition coefficient (Wildman–Crippen LogP) is 4.08. The van der Waals surface area contributed by atoms with Crippen LogP contribution >= 0.6 is 0 Å². The molecule has 4 fully saturated rings. The number of nitriles is 1. The molecule has 8 nitrogen and oxygen atoms in total. The van der Waals surface area contributed by atoms with Crippen molar-refractivity contribution in [3.63, 3.8) is 0 Å². The summed E-state index contributed by atoms with van der Waals surface area (Å²) in [5.74, 6) is 1.87. The molecule has 4 heterocycles. The molecule has 37 heavy (non-hydrogen) atoms. The average Bonchev–Trinajstić information content (AvgIpc) is 3.55. The normalized spacial score (nSPS) is 27.1. The van der Waals surface area contributed by atoms with Gasteiger partial charge >= 0.3 is 6.03 Å². The van der Waals surface area contributed by atoms with Gasteiger partial charge in [-0.25, -0.2) is 4.79 Å². The molecule has 1 unspecified atom stereocenters. The number of rotatable bonds is 4. The maximum absolute atomic E-state index is 12.9. The van der Waals surface area contributed by atoms with Gasteiger partial charge in [0.05, 0.1) is 23.8 Å². The van der Waals surface area contributed by atoms with Crippen molar-refractivity contribution < 1.29 is 9.90 Å². The van der Waals surface area contributed by atoms with Gasteiger partial charge in [0.15, 0.2) is 0 Å². The Morgan fingerprint density at radius 3 is 2.38 bits per heavy atom. The molecule has 200 valence electrons. The summed E-state index contributed by atoms with van der Waals surface area (Å²) in [6.45, 7) is 10.8. The van der Waals surface area contributed by atoms with E-state index in [0.29, 0.717) is 48.9 Å². The zero-order valence-electron chi connectivity index (χ0n) is 22.3. The van der Waals surface area contributed by atoms with Gasteiger partial charge in [0.1, 0.15) is 5.84 Å². The molecule has 0 radical (unpaired) electrons. The van der Waals surface area contributed by atoms with E-state index in [-0.39, 0.29) is 12.1 Å². The topological polar surface area (TPSA) is 86.4 Å². The molecule has 1 aliphatic carbocycles. The molecule has 1 spiro atoms. The third-order valence-electron chi connectivity index (χ3n) is 9.24. The standard InChI is InChI=1S/C29H42N6O2/c1-22(2)24(19-30)8-5-13-35-26(23-6-3-4-7-23)18-27(31-35)34-20-29(21-34)11-16-33(17-12-29)28(37)32-14-9-25(36)10-15-32/h5,8,13,23,25-26,36H,1,3-4,6-7,9-12,14-18,20-21H2,2H3. The van der Waals surface area contributed by atoms with E-state index in [1.54, 1.807) is 0 Å². The van der Waals surface area contributed by atoms with E-state index in [4.69, 9.17) is 5.10 Å². The van der Waals surface area contributed by atoms with Crippen molar-refractivity contribution in [3.8, 4) is 6.07 Å². The maximum Gasteiger partial charge on any atom is 0.320 e. The van der Waals surface area contributed by atoms with Crippen LogP contribution in [0.5, 0.6) is 0 Å². The monoisotopic (exact) mass is 506 g/mol. The summed E-state index contributed by atoms with van der Waals surface area (Å²) in [4.78, 5) is 19.3. The highest BCUT2D eigenvalue weighted by molar-refractivity contribution is 5.85. The second kappa shape index (κ2) is 10.9. The van der Waals surface area contributed by atoms with Gasteiger partial charge in [0, 0.05) is 57.3 Å². The van der Waals surface area contributed by atoms with Crippen molar-refractivity contribution in [1.82, 2.24) is 19.7 Å². The van der Waals surface area contributed by atoms with Crippen LogP contribution in [0.2, 0.25) is 0 Å². The molecule has 3 saturated heterocycles. The molecule has 0 bridgehead atoms. The third kappa shape index (κ3) is 5.57. The van der Waals surface area contributed by atoms with E-state index < -0.39 is 0 Å². The Hall–Kier alpha value is -2.79. The number of aliphatic hydroxyl groups is 1. The minimum Gasteiger partial charge on any atom is -0.393 e. The molecule has 5 aliphatic rings. The Morgan fingerprint density at radius 1 is 1.11 bits per heavy atom. The number of likely N-dealkylation sites (tertiary alicyclic amines) is 3. The van der Waals surface area contributed by atoms with Crippen LogP contribution in [-0.4, -0.2) is 88.1 Å². The predicted molar refractivity (Wildman–Crippen MR) is 144 cm³/mol. The number of amidine groups is 1. The van der Waals surface area contributed by atoms with Crippen molar-refractivity contribution >= 4 is 11.9 Å². The van der Waals surface area contributed by atoms with Crippen LogP contribution in [0.4, 0.5) is 4.79 Å². The Kier molecular flexibility index (Phi) is 7.62. The molecular weight excluding hydrogens is 464 g/mol. The van der Waals surface area contributed by atoms with Crippen molar-refractivity contribution in [2.45, 2.75) is 76.9 Å². The van der Waals surface area contributed by atoms with Crippen LogP contribution in [0.3, 0.4) is 0 Å². The molecule has 0 aromatic carbocycles. The molecule has 1 N–H and O–H groups in total. The van der Waals surface area contributed by atoms with Gasteiger partial charge in [-0.3, -0.25) is 5.01 Å². The van der Waals surface area contributed by atoms with Crippen LogP contribution in [0.1, 0.15) is 64.7 Å². The lowest BCUT2D eigenvalue weighted by atomic mass is 9.71. The maximum atomic E-state index is 12.9. The largest absolute Gasteiger partial charge is 0.393 e. The average molecular weight is 507 g/mol. The van der Waals surface area contributed by atoms with Gasteiger partial charge in [0.2, 0.25) is 0 Å². The Labute approximate surface area is 221 Å². The highest BCUT2D eigenvalue weighted by Crippen LogP contribution is 2.43. The second-order valence-electron chi connectivity index (χ2n) is 11.9. The van der Waals surface area contributed by atoms with Crippen LogP contribution in [0.15, 0.2) is 41.2 Å². The number of nitrogens with zero attached hydrogens (tertiary/aromatic N) is 6. The number of hydrazone groups is 1. The first-order chi connectivity index (χ1) is 17.9. The summed E-state index contributed by atoms with van der Waals surface area (Å²) in [5.41, 5.74) is 1.68. The number of allylic oxidation sites excluding steroid dienone is 4. The summed E-state index contributed by atoms with van der Waals surface area (Å²) in [5, 5.41) is 26.3. The lowest BCUT2D eigenvalue weighted by Gasteiger charge is -2.55. The van der Waals surface area contributed by atoms with Gasteiger partial charge in [0.25, 0.3) is 0 Å². The molecule has 4 aliphatic heterocycles. The van der Waals surface area contributed by atoms with Crippen molar-refractivity contribution in [3.05, 3.63) is 36.1 Å². The highest BCUT2D eigenvalue weighted by Gasteiger charge is 2.48. The molecule has 5 rings (SSSR count). The number of hydrogen-bond acceptors (Lipinski definition) is 6. The molecule has 0 aromatic rings. The van der Waals surface area contributed by atoms with Gasteiger partial charge in [-0.15, -0.1) is 0 Å². The van der Waals surface area contributed by atoms with E-state index >= 15 is 0 Å². The second-order valence-corrected chi connectivity index (χ2v) is 11.9. The van der Waals surface area contributed by atoms with Gasteiger partial charge in [-0.05, 0) is 69.1 Å². The summed E-state index contributed by atoms with van der Waals surface area (Å²) < 4.78 is 0. The number of amides is 2. The fraction of sp³-hybridized carbons (Fsp3) is 0.690. The Balaban J connectivity index is 1.17. The van der Waals surface area contributed by atoms with Gasteiger partial charge in [-0.1, -0.05) is 19.4 Å². The minimum absolute atomic E-state index is 0.153. The highest BCUT2D eigenvalue weighted by atomic mass is 16.3. The van der Waals surface area contributed by atoms with Crippen LogP contribution < -0.4 is 0 Å². The van der Waals surface area contributed by atoms with E-state index in [0.717, 1.165) is 51.0 Å². The lowest BCUT2D eigenvalue weighted by molar-refractivity contribution is -0.00437. The fourth-order valence-electron chi connectivity index (χ4n) is 6.78. The van der Waals surface area contributed by atoms with Gasteiger partial charge < -0.3 is 19.8 Å². The third-order valence-corrected chi connectivity index (χ3v) is 9.24. The quantitative estimate of drug-likeness (QED) is 0.459. The van der Waals surface area contributed by atoms with Crippen molar-refractivity contribution in [2.75, 3.05) is 39.3 Å². The SMILES string of the molecule is C=C(C)C(C#N)=CC=CN1N=C(N2CC3(CCN(C(=O)N4CCC(O)CC4)CC3)C2)CC1C1CCCC1. The number of carbonyl (C=O) groups is 1. The van der Waals surface area contributed by atoms with Crippen molar-refractivity contribution in [2.24, 2.45) is 16.4 Å². The Bertz CT molecular complexity index is 996. The number of piperidine rings is 2. The molecule has 1 atom stereocenters. The minimum atomic E-state index is -0.254. The number of carbonyl (C=O) groups excluding carboxylic acids is 1. The molecular formula is C29H42N6O2. The summed E-state index contributed by atoms with van der Waals surface area (Å²) in [6.07, 6.45) is 15.2. The number of hydrogen-bond donors (Lipinski definition) is 1. The first kappa shape index (κ1) is 25.8. The summed E-state index contributed by atoms with van der Waals surface area (Å²) in [6, 6.07) is 2.76. The van der Waals surface area contributed by atoms with Crippen LogP contribution in [0, 0.1) is 22.7 Å². The number of urea groups is 1. The molecule has 1 saturated carbocycles. The Morgan fingerprint density at radius 2 is 1.76 bits per heavy atom. The summed E-state index contributed by atoms with van der Waals surface area (Å²) >= 11 is 0. The first-order valence-corrected chi connectivity index (χ1v) is 14.1. The van der Waals surface area contributed by atoms with Crippen LogP contribution in [0.25, 0.3) is 0 Å². The fourth-order valence-corrected chi connectivity index (χ4v) is 6.78. The zero-order valence-corrected chi connectivity index (χ0v) is 22.3. The van der Waals surface area contributed by atoms with E-state index in [9.17, 15) is 15.2 Å². The molecule has 2 amide bonds. The molecule has 0 aromatic heterocycles. The van der Waals surface area contributed by atoms with E-state index in [1.807, 2.05) is 35.1 Å². The number of aliphatic hydroxyl groups excluding tert-OH is 1. The zero-order chi connectivity index (χ0) is 26.0.